The largest absolute Gasteiger partial charge is 0.411 e. The summed E-state index contributed by atoms with van der Waals surface area (Å²) in [5.41, 5.74) is 1.90. The van der Waals surface area contributed by atoms with E-state index < -0.39 is 12.8 Å². The van der Waals surface area contributed by atoms with E-state index >= 15 is 0 Å². The van der Waals surface area contributed by atoms with E-state index in [2.05, 4.69) is 15.0 Å². The summed E-state index contributed by atoms with van der Waals surface area (Å²) in [6, 6.07) is 3.72. The summed E-state index contributed by atoms with van der Waals surface area (Å²) in [6.45, 7) is 3.47. The molecule has 1 atom stereocenters. The van der Waals surface area contributed by atoms with Gasteiger partial charge in [0.15, 0.2) is 0 Å². The zero-order valence-electron chi connectivity index (χ0n) is 11.1. The van der Waals surface area contributed by atoms with Crippen molar-refractivity contribution in [1.29, 1.82) is 0 Å². The fraction of sp³-hybridized carbons (Fsp3) is 0.615. The molecule has 0 aliphatic carbocycles. The second-order valence-corrected chi connectivity index (χ2v) is 4.32. The number of aromatic nitrogens is 1. The van der Waals surface area contributed by atoms with E-state index in [1.54, 1.807) is 6.20 Å². The van der Waals surface area contributed by atoms with Crippen molar-refractivity contribution in [1.82, 2.24) is 10.3 Å². The lowest BCUT2D eigenvalue weighted by Crippen LogP contribution is -2.24. The molecule has 1 aromatic rings. The van der Waals surface area contributed by atoms with Crippen molar-refractivity contribution >= 4 is 0 Å². The molecule has 1 unspecified atom stereocenters. The van der Waals surface area contributed by atoms with Crippen LogP contribution in [0.3, 0.4) is 0 Å². The van der Waals surface area contributed by atoms with Crippen LogP contribution in [0, 0.1) is 6.92 Å². The van der Waals surface area contributed by atoms with E-state index in [1.807, 2.05) is 26.0 Å². The first-order chi connectivity index (χ1) is 8.92. The van der Waals surface area contributed by atoms with Gasteiger partial charge in [-0.15, -0.1) is 0 Å². The molecule has 0 amide bonds. The van der Waals surface area contributed by atoms with Crippen molar-refractivity contribution in [3.05, 3.63) is 29.6 Å². The molecule has 0 aliphatic heterocycles. The number of pyridine rings is 1. The third-order valence-electron chi connectivity index (χ3n) is 2.56. The van der Waals surface area contributed by atoms with E-state index in [4.69, 9.17) is 0 Å². The molecule has 0 radical (unpaired) electrons. The number of hydrogen-bond acceptors (Lipinski definition) is 3. The summed E-state index contributed by atoms with van der Waals surface area (Å²) in [5.74, 6) is 0. The van der Waals surface area contributed by atoms with Crippen LogP contribution in [0.2, 0.25) is 0 Å². The molecular formula is C13H19F3N2O. The van der Waals surface area contributed by atoms with Crippen LogP contribution < -0.4 is 5.32 Å². The molecule has 108 valence electrons. The summed E-state index contributed by atoms with van der Waals surface area (Å²) in [5, 5.41) is 3.20. The molecule has 1 aromatic heterocycles. The van der Waals surface area contributed by atoms with Crippen molar-refractivity contribution < 1.29 is 17.9 Å². The number of halogens is 3. The van der Waals surface area contributed by atoms with Crippen LogP contribution in [0.4, 0.5) is 13.2 Å². The molecule has 0 aromatic carbocycles. The fourth-order valence-corrected chi connectivity index (χ4v) is 1.74. The average molecular weight is 276 g/mol. The smallest absolute Gasteiger partial charge is 0.372 e. The fourth-order valence-electron chi connectivity index (χ4n) is 1.74. The number of nitrogens with one attached hydrogen (secondary N) is 1. The standard InChI is InChI=1S/C13H19F3N2O/c1-3-17-11(5-7-19-9-13(14,15)16)12-8-10(2)4-6-18-12/h4,6,8,11,17H,3,5,7,9H2,1-2H3. The second-order valence-electron chi connectivity index (χ2n) is 4.32. The Bertz CT molecular complexity index is 382. The van der Waals surface area contributed by atoms with Gasteiger partial charge in [-0.3, -0.25) is 4.98 Å². The normalized spacial score (nSPS) is 13.5. The van der Waals surface area contributed by atoms with Crippen LogP contribution >= 0.6 is 0 Å². The number of alkyl halides is 3. The van der Waals surface area contributed by atoms with Gasteiger partial charge in [0.05, 0.1) is 11.7 Å². The Labute approximate surface area is 111 Å². The highest BCUT2D eigenvalue weighted by Gasteiger charge is 2.27. The quantitative estimate of drug-likeness (QED) is 0.777. The Morgan fingerprint density at radius 1 is 1.42 bits per heavy atom. The number of hydrogen-bond donors (Lipinski definition) is 1. The van der Waals surface area contributed by atoms with Gasteiger partial charge in [0, 0.05) is 12.8 Å². The Balaban J connectivity index is 2.49. The highest BCUT2D eigenvalue weighted by molar-refractivity contribution is 5.17. The van der Waals surface area contributed by atoms with Gasteiger partial charge in [0.25, 0.3) is 0 Å². The first-order valence-corrected chi connectivity index (χ1v) is 6.23. The lowest BCUT2D eigenvalue weighted by Gasteiger charge is -2.18. The van der Waals surface area contributed by atoms with Crippen LogP contribution in [-0.2, 0) is 4.74 Å². The van der Waals surface area contributed by atoms with E-state index in [0.29, 0.717) is 6.42 Å². The predicted molar refractivity (Wildman–Crippen MR) is 66.9 cm³/mol. The van der Waals surface area contributed by atoms with E-state index in [1.165, 1.54) is 0 Å². The zero-order chi connectivity index (χ0) is 14.3. The first-order valence-electron chi connectivity index (χ1n) is 6.23. The van der Waals surface area contributed by atoms with Gasteiger partial charge < -0.3 is 10.1 Å². The van der Waals surface area contributed by atoms with Gasteiger partial charge in [-0.2, -0.15) is 13.2 Å². The molecule has 0 aliphatic rings. The maximum atomic E-state index is 12.0. The van der Waals surface area contributed by atoms with Crippen molar-refractivity contribution in [2.45, 2.75) is 32.5 Å². The second kappa shape index (κ2) is 7.45. The van der Waals surface area contributed by atoms with Crippen molar-refractivity contribution in [2.75, 3.05) is 19.8 Å². The van der Waals surface area contributed by atoms with Crippen LogP contribution in [0.5, 0.6) is 0 Å². The Kier molecular flexibility index (Phi) is 6.24. The Morgan fingerprint density at radius 3 is 2.74 bits per heavy atom. The molecule has 6 heteroatoms. The number of rotatable bonds is 7. The summed E-state index contributed by atoms with van der Waals surface area (Å²) in [4.78, 5) is 4.25. The Morgan fingerprint density at radius 2 is 2.16 bits per heavy atom. The molecule has 0 fully saturated rings. The van der Waals surface area contributed by atoms with E-state index in [0.717, 1.165) is 17.8 Å². The van der Waals surface area contributed by atoms with Gasteiger partial charge in [-0.25, -0.2) is 0 Å². The van der Waals surface area contributed by atoms with Crippen LogP contribution in [0.25, 0.3) is 0 Å². The van der Waals surface area contributed by atoms with Crippen molar-refractivity contribution in [2.24, 2.45) is 0 Å². The summed E-state index contributed by atoms with van der Waals surface area (Å²) in [7, 11) is 0. The molecule has 1 N–H and O–H groups in total. The minimum atomic E-state index is -4.27. The van der Waals surface area contributed by atoms with Crippen LogP contribution in [0.1, 0.15) is 30.6 Å². The molecular weight excluding hydrogens is 257 g/mol. The highest BCUT2D eigenvalue weighted by Crippen LogP contribution is 2.18. The topological polar surface area (TPSA) is 34.1 Å². The molecule has 0 saturated heterocycles. The van der Waals surface area contributed by atoms with Crippen molar-refractivity contribution in [3.8, 4) is 0 Å². The minimum Gasteiger partial charge on any atom is -0.372 e. The van der Waals surface area contributed by atoms with Gasteiger partial charge in [0.1, 0.15) is 6.61 Å². The molecule has 0 saturated carbocycles. The summed E-state index contributed by atoms with van der Waals surface area (Å²) < 4.78 is 40.5. The predicted octanol–water partition coefficient (Wildman–Crippen LogP) is 3.01. The lowest BCUT2D eigenvalue weighted by atomic mass is 10.1. The molecule has 0 spiro atoms. The van der Waals surface area contributed by atoms with Gasteiger partial charge in [-0.1, -0.05) is 6.92 Å². The molecule has 3 nitrogen and oxygen atoms in total. The highest BCUT2D eigenvalue weighted by atomic mass is 19.4. The molecule has 1 heterocycles. The van der Waals surface area contributed by atoms with Crippen LogP contribution in [0.15, 0.2) is 18.3 Å². The van der Waals surface area contributed by atoms with E-state index in [-0.39, 0.29) is 12.6 Å². The zero-order valence-corrected chi connectivity index (χ0v) is 11.1. The van der Waals surface area contributed by atoms with Gasteiger partial charge >= 0.3 is 6.18 Å². The van der Waals surface area contributed by atoms with Crippen molar-refractivity contribution in [3.63, 3.8) is 0 Å². The lowest BCUT2D eigenvalue weighted by molar-refractivity contribution is -0.174. The average Bonchev–Trinajstić information content (AvgIpc) is 2.32. The van der Waals surface area contributed by atoms with Crippen LogP contribution in [-0.4, -0.2) is 30.9 Å². The summed E-state index contributed by atoms with van der Waals surface area (Å²) in [6.07, 6.45) is -2.11. The molecule has 19 heavy (non-hydrogen) atoms. The molecule has 1 rings (SSSR count). The van der Waals surface area contributed by atoms with Gasteiger partial charge in [0.2, 0.25) is 0 Å². The number of aryl methyl sites for hydroxylation is 1. The monoisotopic (exact) mass is 276 g/mol. The first kappa shape index (κ1) is 15.9. The maximum Gasteiger partial charge on any atom is 0.411 e. The van der Waals surface area contributed by atoms with E-state index in [9.17, 15) is 13.2 Å². The molecule has 0 bridgehead atoms. The third kappa shape index (κ3) is 6.54. The summed E-state index contributed by atoms with van der Waals surface area (Å²) >= 11 is 0. The minimum absolute atomic E-state index is 0.0484. The maximum absolute atomic E-state index is 12.0. The SMILES string of the molecule is CCNC(CCOCC(F)(F)F)c1cc(C)ccn1. The van der Waals surface area contributed by atoms with Gasteiger partial charge in [-0.05, 0) is 37.6 Å². The Hall–Kier alpha value is -1.14. The number of nitrogens with zero attached hydrogens (tertiary/aromatic N) is 1. The number of ether oxygens (including phenoxy) is 1. The third-order valence-corrected chi connectivity index (χ3v) is 2.56.